The Balaban J connectivity index is 2.58. The van der Waals surface area contributed by atoms with Gasteiger partial charge in [0.2, 0.25) is 0 Å². The Morgan fingerprint density at radius 3 is 2.80 bits per heavy atom. The minimum Gasteiger partial charge on any atom is -0.333 e. The molecule has 0 bridgehead atoms. The van der Waals surface area contributed by atoms with Gasteiger partial charge < -0.3 is 4.57 Å². The highest BCUT2D eigenvalue weighted by atomic mass is 15.0. The summed E-state index contributed by atoms with van der Waals surface area (Å²) in [5.41, 5.74) is 2.53. The van der Waals surface area contributed by atoms with Crippen LogP contribution < -0.4 is 0 Å². The Morgan fingerprint density at radius 2 is 2.13 bits per heavy atom. The van der Waals surface area contributed by atoms with Crippen LogP contribution in [0.25, 0.3) is 11.0 Å². The van der Waals surface area contributed by atoms with Crippen LogP contribution in [0.3, 0.4) is 0 Å². The molecule has 2 heterocycles. The average molecular weight is 202 g/mol. The van der Waals surface area contributed by atoms with Gasteiger partial charge in [-0.05, 0) is 30.0 Å². The van der Waals surface area contributed by atoms with Crippen molar-refractivity contribution in [2.24, 2.45) is 0 Å². The normalized spacial score (nSPS) is 11.5. The van der Waals surface area contributed by atoms with Crippen LogP contribution >= 0.6 is 0 Å². The van der Waals surface area contributed by atoms with Crippen LogP contribution in [0.15, 0.2) is 24.5 Å². The van der Waals surface area contributed by atoms with Crippen molar-refractivity contribution in [1.29, 1.82) is 0 Å². The van der Waals surface area contributed by atoms with E-state index in [0.717, 1.165) is 18.6 Å². The number of hydrogen-bond acceptors (Lipinski definition) is 1. The zero-order chi connectivity index (χ0) is 10.8. The van der Waals surface area contributed by atoms with Crippen molar-refractivity contribution in [2.45, 2.75) is 39.7 Å². The van der Waals surface area contributed by atoms with E-state index in [1.807, 2.05) is 6.20 Å². The number of fused-ring (bicyclic) bond motifs is 1. The number of pyridine rings is 1. The van der Waals surface area contributed by atoms with Gasteiger partial charge in [0.25, 0.3) is 0 Å². The zero-order valence-electron chi connectivity index (χ0n) is 9.70. The molecule has 0 amide bonds. The molecule has 0 fully saturated rings. The Bertz CT molecular complexity index is 455. The van der Waals surface area contributed by atoms with Gasteiger partial charge in [-0.2, -0.15) is 0 Å². The molecule has 2 heteroatoms. The largest absolute Gasteiger partial charge is 0.333 e. The Kier molecular flexibility index (Phi) is 2.76. The Hall–Kier alpha value is -1.31. The summed E-state index contributed by atoms with van der Waals surface area (Å²) in [7, 11) is 0. The first-order valence-corrected chi connectivity index (χ1v) is 5.67. The van der Waals surface area contributed by atoms with E-state index in [4.69, 9.17) is 0 Å². The van der Waals surface area contributed by atoms with Gasteiger partial charge in [-0.15, -0.1) is 0 Å². The van der Waals surface area contributed by atoms with Crippen molar-refractivity contribution >= 4 is 11.0 Å². The summed E-state index contributed by atoms with van der Waals surface area (Å²) >= 11 is 0. The van der Waals surface area contributed by atoms with E-state index in [9.17, 15) is 0 Å². The standard InChI is InChI=1S/C13H18N2/c1-4-8-15-9-6-12-11(10(2)3)5-7-14-13(12)15/h5-7,9-10H,4,8H2,1-3H3. The van der Waals surface area contributed by atoms with E-state index in [1.54, 1.807) is 0 Å². The van der Waals surface area contributed by atoms with Crippen LogP contribution in [0.5, 0.6) is 0 Å². The van der Waals surface area contributed by atoms with Gasteiger partial charge in [0, 0.05) is 24.3 Å². The first kappa shape index (κ1) is 10.2. The predicted octanol–water partition coefficient (Wildman–Crippen LogP) is 3.57. The lowest BCUT2D eigenvalue weighted by atomic mass is 10.0. The summed E-state index contributed by atoms with van der Waals surface area (Å²) in [6, 6.07) is 4.32. The highest BCUT2D eigenvalue weighted by Gasteiger charge is 2.08. The minimum atomic E-state index is 0.563. The smallest absolute Gasteiger partial charge is 0.140 e. The SMILES string of the molecule is CCCn1ccc2c(C(C)C)ccnc21. The molecule has 0 unspecified atom stereocenters. The second-order valence-electron chi connectivity index (χ2n) is 4.30. The molecule has 80 valence electrons. The number of nitrogens with zero attached hydrogens (tertiary/aromatic N) is 2. The van der Waals surface area contributed by atoms with Crippen molar-refractivity contribution in [3.8, 4) is 0 Å². The predicted molar refractivity (Wildman–Crippen MR) is 64.1 cm³/mol. The summed E-state index contributed by atoms with van der Waals surface area (Å²) in [4.78, 5) is 4.47. The molecule has 2 nitrogen and oxygen atoms in total. The third-order valence-electron chi connectivity index (χ3n) is 2.78. The molecule has 2 aromatic rings. The summed E-state index contributed by atoms with van der Waals surface area (Å²) in [5.74, 6) is 0.563. The second-order valence-corrected chi connectivity index (χ2v) is 4.30. The molecule has 0 spiro atoms. The lowest BCUT2D eigenvalue weighted by Crippen LogP contribution is -1.97. The van der Waals surface area contributed by atoms with Crippen molar-refractivity contribution < 1.29 is 0 Å². The van der Waals surface area contributed by atoms with Gasteiger partial charge in [0.05, 0.1) is 0 Å². The van der Waals surface area contributed by atoms with E-state index in [2.05, 4.69) is 48.7 Å². The van der Waals surface area contributed by atoms with Crippen LogP contribution in [0.4, 0.5) is 0 Å². The van der Waals surface area contributed by atoms with Gasteiger partial charge in [0.1, 0.15) is 5.65 Å². The molecule has 0 atom stereocenters. The van der Waals surface area contributed by atoms with E-state index in [-0.39, 0.29) is 0 Å². The van der Waals surface area contributed by atoms with Crippen LogP contribution in [0.2, 0.25) is 0 Å². The van der Waals surface area contributed by atoms with Gasteiger partial charge >= 0.3 is 0 Å². The number of rotatable bonds is 3. The summed E-state index contributed by atoms with van der Waals surface area (Å²) in [6.07, 6.45) is 5.22. The number of hydrogen-bond donors (Lipinski definition) is 0. The molecule has 0 aromatic carbocycles. The third kappa shape index (κ3) is 1.76. The third-order valence-corrected chi connectivity index (χ3v) is 2.78. The summed E-state index contributed by atoms with van der Waals surface area (Å²) < 4.78 is 2.24. The highest BCUT2D eigenvalue weighted by molar-refractivity contribution is 5.80. The first-order valence-electron chi connectivity index (χ1n) is 5.67. The number of aromatic nitrogens is 2. The fourth-order valence-electron chi connectivity index (χ4n) is 2.04. The van der Waals surface area contributed by atoms with Crippen molar-refractivity contribution in [1.82, 2.24) is 9.55 Å². The molecule has 0 saturated heterocycles. The molecule has 0 aliphatic carbocycles. The summed E-state index contributed by atoms with van der Waals surface area (Å²) in [6.45, 7) is 7.70. The van der Waals surface area contributed by atoms with Gasteiger partial charge in [-0.25, -0.2) is 4.98 Å². The van der Waals surface area contributed by atoms with E-state index < -0.39 is 0 Å². The van der Waals surface area contributed by atoms with Crippen LogP contribution in [-0.2, 0) is 6.54 Å². The van der Waals surface area contributed by atoms with Gasteiger partial charge in [-0.1, -0.05) is 20.8 Å². The molecule has 2 rings (SSSR count). The lowest BCUT2D eigenvalue weighted by molar-refractivity contribution is 0.697. The van der Waals surface area contributed by atoms with Crippen molar-refractivity contribution in [3.63, 3.8) is 0 Å². The Morgan fingerprint density at radius 1 is 1.33 bits per heavy atom. The molecular weight excluding hydrogens is 184 g/mol. The molecular formula is C13H18N2. The molecule has 15 heavy (non-hydrogen) atoms. The molecule has 0 aliphatic rings. The molecule has 0 radical (unpaired) electrons. The number of aryl methyl sites for hydroxylation is 1. The van der Waals surface area contributed by atoms with E-state index in [0.29, 0.717) is 5.92 Å². The maximum atomic E-state index is 4.47. The minimum absolute atomic E-state index is 0.563. The Labute approximate surface area is 90.9 Å². The maximum Gasteiger partial charge on any atom is 0.140 e. The van der Waals surface area contributed by atoms with E-state index >= 15 is 0 Å². The van der Waals surface area contributed by atoms with Crippen molar-refractivity contribution in [3.05, 3.63) is 30.1 Å². The molecule has 0 aliphatic heterocycles. The topological polar surface area (TPSA) is 17.8 Å². The fraction of sp³-hybridized carbons (Fsp3) is 0.462. The fourth-order valence-corrected chi connectivity index (χ4v) is 2.04. The first-order chi connectivity index (χ1) is 7.24. The summed E-state index contributed by atoms with van der Waals surface area (Å²) in [5, 5.41) is 1.31. The molecule has 0 N–H and O–H groups in total. The molecule has 0 saturated carbocycles. The highest BCUT2D eigenvalue weighted by Crippen LogP contribution is 2.24. The second kappa shape index (κ2) is 4.05. The monoisotopic (exact) mass is 202 g/mol. The van der Waals surface area contributed by atoms with Crippen molar-refractivity contribution in [2.75, 3.05) is 0 Å². The van der Waals surface area contributed by atoms with E-state index in [1.165, 1.54) is 10.9 Å². The maximum absolute atomic E-state index is 4.47. The van der Waals surface area contributed by atoms with Crippen LogP contribution in [0, 0.1) is 0 Å². The lowest BCUT2D eigenvalue weighted by Gasteiger charge is -2.07. The van der Waals surface area contributed by atoms with Gasteiger partial charge in [-0.3, -0.25) is 0 Å². The van der Waals surface area contributed by atoms with Gasteiger partial charge in [0.15, 0.2) is 0 Å². The quantitative estimate of drug-likeness (QED) is 0.744. The van der Waals surface area contributed by atoms with Crippen LogP contribution in [-0.4, -0.2) is 9.55 Å². The molecule has 2 aromatic heterocycles. The average Bonchev–Trinajstić information content (AvgIpc) is 2.62. The zero-order valence-corrected chi connectivity index (χ0v) is 9.70. The van der Waals surface area contributed by atoms with Crippen LogP contribution in [0.1, 0.15) is 38.7 Å².